The van der Waals surface area contributed by atoms with E-state index in [-0.39, 0.29) is 17.9 Å². The Labute approximate surface area is 102 Å². The van der Waals surface area contributed by atoms with Crippen LogP contribution in [0.4, 0.5) is 4.39 Å². The Kier molecular flexibility index (Phi) is 4.60. The molecule has 0 aliphatic rings. The Morgan fingerprint density at radius 1 is 1.41 bits per heavy atom. The van der Waals surface area contributed by atoms with Crippen molar-refractivity contribution < 1.29 is 24.2 Å². The number of hydrogen-bond donors (Lipinski definition) is 2. The van der Waals surface area contributed by atoms with Gasteiger partial charge in [0.2, 0.25) is 0 Å². The van der Waals surface area contributed by atoms with E-state index in [1.54, 1.807) is 0 Å². The quantitative estimate of drug-likeness (QED) is 0.625. The van der Waals surface area contributed by atoms with Crippen molar-refractivity contribution in [2.24, 2.45) is 0 Å². The first kappa shape index (κ1) is 13.6. The average molecular weight is 261 g/mol. The van der Waals surface area contributed by atoms with Crippen LogP contribution in [0.25, 0.3) is 0 Å². The van der Waals surface area contributed by atoms with E-state index < -0.39 is 29.2 Å². The van der Waals surface area contributed by atoms with Gasteiger partial charge in [-0.15, -0.1) is 11.6 Å². The Morgan fingerprint density at radius 2 is 2.06 bits per heavy atom. The molecule has 0 spiro atoms. The van der Waals surface area contributed by atoms with Gasteiger partial charge >= 0.3 is 5.97 Å². The van der Waals surface area contributed by atoms with Gasteiger partial charge in [0.1, 0.15) is 5.82 Å². The first-order valence-electron chi connectivity index (χ1n) is 4.77. The third-order valence-corrected chi connectivity index (χ3v) is 2.36. The van der Waals surface area contributed by atoms with E-state index in [9.17, 15) is 19.1 Å². The summed E-state index contributed by atoms with van der Waals surface area (Å²) in [6.45, 7) is 0. The van der Waals surface area contributed by atoms with E-state index in [1.807, 2.05) is 0 Å². The van der Waals surface area contributed by atoms with Gasteiger partial charge in [-0.1, -0.05) is 12.1 Å². The van der Waals surface area contributed by atoms with E-state index in [4.69, 9.17) is 16.7 Å². The highest BCUT2D eigenvalue weighted by Gasteiger charge is 2.24. The first-order chi connectivity index (χ1) is 7.99. The smallest absolute Gasteiger partial charge is 0.337 e. The van der Waals surface area contributed by atoms with Crippen molar-refractivity contribution in [1.82, 2.24) is 0 Å². The van der Waals surface area contributed by atoms with E-state index >= 15 is 0 Å². The Balaban J connectivity index is 3.26. The lowest BCUT2D eigenvalue weighted by atomic mass is 9.97. The molecule has 0 radical (unpaired) electrons. The SMILES string of the molecule is O=C(CCCl)c1c(F)cccc1C(O)C(=O)O. The standard InChI is InChI=1S/C11H10ClFO4/c12-5-4-8(14)9-6(10(15)11(16)17)2-1-3-7(9)13/h1-3,10,15H,4-5H2,(H,16,17). The second-order valence-electron chi connectivity index (χ2n) is 3.31. The van der Waals surface area contributed by atoms with Crippen LogP contribution in [0.5, 0.6) is 0 Å². The molecule has 0 saturated heterocycles. The summed E-state index contributed by atoms with van der Waals surface area (Å²) in [6, 6.07) is 3.46. The van der Waals surface area contributed by atoms with Crippen LogP contribution in [0.2, 0.25) is 0 Å². The number of ketones is 1. The lowest BCUT2D eigenvalue weighted by Crippen LogP contribution is -2.16. The molecular weight excluding hydrogens is 251 g/mol. The molecule has 1 unspecified atom stereocenters. The first-order valence-corrected chi connectivity index (χ1v) is 5.31. The maximum Gasteiger partial charge on any atom is 0.337 e. The Morgan fingerprint density at radius 3 is 2.59 bits per heavy atom. The number of alkyl halides is 1. The molecule has 4 nitrogen and oxygen atoms in total. The van der Waals surface area contributed by atoms with Gasteiger partial charge < -0.3 is 10.2 Å². The monoisotopic (exact) mass is 260 g/mol. The van der Waals surface area contributed by atoms with Crippen LogP contribution < -0.4 is 0 Å². The van der Waals surface area contributed by atoms with Crippen molar-refractivity contribution in [3.05, 3.63) is 35.1 Å². The molecule has 0 aliphatic heterocycles. The van der Waals surface area contributed by atoms with Gasteiger partial charge in [0, 0.05) is 17.9 Å². The molecule has 0 heterocycles. The number of carbonyl (C=O) groups is 2. The zero-order valence-corrected chi connectivity index (χ0v) is 9.45. The molecule has 1 atom stereocenters. The summed E-state index contributed by atoms with van der Waals surface area (Å²) >= 11 is 5.37. The zero-order chi connectivity index (χ0) is 13.0. The second kappa shape index (κ2) is 5.75. The number of halogens is 2. The highest BCUT2D eigenvalue weighted by molar-refractivity contribution is 6.19. The average Bonchev–Trinajstić information content (AvgIpc) is 2.27. The van der Waals surface area contributed by atoms with Gasteiger partial charge in [-0.3, -0.25) is 4.79 Å². The van der Waals surface area contributed by atoms with Crippen molar-refractivity contribution in [1.29, 1.82) is 0 Å². The molecule has 92 valence electrons. The number of rotatable bonds is 5. The van der Waals surface area contributed by atoms with Crippen molar-refractivity contribution in [3.63, 3.8) is 0 Å². The van der Waals surface area contributed by atoms with Gasteiger partial charge in [-0.05, 0) is 6.07 Å². The van der Waals surface area contributed by atoms with Crippen LogP contribution in [0, 0.1) is 5.82 Å². The number of aliphatic hydroxyl groups excluding tert-OH is 1. The van der Waals surface area contributed by atoms with Crippen LogP contribution in [0.3, 0.4) is 0 Å². The van der Waals surface area contributed by atoms with Crippen molar-refractivity contribution in [2.75, 3.05) is 5.88 Å². The number of Topliss-reactive ketones (excluding diaryl/α,β-unsaturated/α-hetero) is 1. The fraction of sp³-hybridized carbons (Fsp3) is 0.273. The van der Waals surface area contributed by atoms with Crippen molar-refractivity contribution >= 4 is 23.4 Å². The summed E-state index contributed by atoms with van der Waals surface area (Å²) in [5.74, 6) is -3.04. The molecule has 6 heteroatoms. The van der Waals surface area contributed by atoms with Gasteiger partial charge in [-0.25, -0.2) is 9.18 Å². The molecule has 0 saturated carbocycles. The molecule has 0 bridgehead atoms. The van der Waals surface area contributed by atoms with E-state index in [2.05, 4.69) is 0 Å². The molecular formula is C11H10ClFO4. The summed E-state index contributed by atoms with van der Waals surface area (Å²) in [4.78, 5) is 22.2. The third kappa shape index (κ3) is 3.01. The number of aliphatic hydroxyl groups is 1. The normalized spacial score (nSPS) is 12.2. The topological polar surface area (TPSA) is 74.6 Å². The zero-order valence-electron chi connectivity index (χ0n) is 8.69. The van der Waals surface area contributed by atoms with Crippen LogP contribution >= 0.6 is 11.6 Å². The summed E-state index contributed by atoms with van der Waals surface area (Å²) in [5.41, 5.74) is -0.671. The fourth-order valence-electron chi connectivity index (χ4n) is 1.41. The molecule has 17 heavy (non-hydrogen) atoms. The predicted molar refractivity (Wildman–Crippen MR) is 58.7 cm³/mol. The predicted octanol–water partition coefficient (Wildman–Crippen LogP) is 1.76. The number of benzene rings is 1. The molecule has 1 rings (SSSR count). The van der Waals surface area contributed by atoms with E-state index in [1.165, 1.54) is 12.1 Å². The van der Waals surface area contributed by atoms with Gasteiger partial charge in [0.05, 0.1) is 5.56 Å². The molecule has 0 fully saturated rings. The maximum absolute atomic E-state index is 13.5. The van der Waals surface area contributed by atoms with Crippen molar-refractivity contribution in [2.45, 2.75) is 12.5 Å². The number of carbonyl (C=O) groups excluding carboxylic acids is 1. The minimum atomic E-state index is -1.93. The molecule has 0 amide bonds. The summed E-state index contributed by atoms with van der Waals surface area (Å²) in [7, 11) is 0. The van der Waals surface area contributed by atoms with Gasteiger partial charge in [0.15, 0.2) is 11.9 Å². The molecule has 1 aromatic carbocycles. The molecule has 0 aromatic heterocycles. The lowest BCUT2D eigenvalue weighted by Gasteiger charge is -2.11. The Bertz CT molecular complexity index is 447. The maximum atomic E-state index is 13.5. The van der Waals surface area contributed by atoms with Crippen LogP contribution in [-0.4, -0.2) is 27.8 Å². The van der Waals surface area contributed by atoms with Gasteiger partial charge in [0.25, 0.3) is 0 Å². The second-order valence-corrected chi connectivity index (χ2v) is 3.68. The minimum Gasteiger partial charge on any atom is -0.479 e. The Hall–Kier alpha value is -1.46. The summed E-state index contributed by atoms with van der Waals surface area (Å²) in [5, 5.41) is 18.0. The molecule has 1 aromatic rings. The lowest BCUT2D eigenvalue weighted by molar-refractivity contribution is -0.146. The largest absolute Gasteiger partial charge is 0.479 e. The molecule has 0 aliphatic carbocycles. The van der Waals surface area contributed by atoms with Crippen LogP contribution in [0.1, 0.15) is 28.4 Å². The number of carboxylic acid groups (broad SMARTS) is 1. The highest BCUT2D eigenvalue weighted by atomic mass is 35.5. The summed E-state index contributed by atoms with van der Waals surface area (Å²) < 4.78 is 13.5. The van der Waals surface area contributed by atoms with Crippen molar-refractivity contribution in [3.8, 4) is 0 Å². The number of carboxylic acids is 1. The summed E-state index contributed by atoms with van der Waals surface area (Å²) in [6.07, 6.45) is -2.05. The fourth-order valence-corrected chi connectivity index (χ4v) is 1.58. The molecule has 2 N–H and O–H groups in total. The third-order valence-electron chi connectivity index (χ3n) is 2.17. The van der Waals surface area contributed by atoms with Crippen LogP contribution in [0.15, 0.2) is 18.2 Å². The highest BCUT2D eigenvalue weighted by Crippen LogP contribution is 2.22. The van der Waals surface area contributed by atoms with Gasteiger partial charge in [-0.2, -0.15) is 0 Å². The minimum absolute atomic E-state index is 0.00419. The number of hydrogen-bond acceptors (Lipinski definition) is 3. The van der Waals surface area contributed by atoms with E-state index in [0.29, 0.717) is 0 Å². The van der Waals surface area contributed by atoms with Crippen LogP contribution in [-0.2, 0) is 4.79 Å². The van der Waals surface area contributed by atoms with E-state index in [0.717, 1.165) is 6.07 Å². The number of aliphatic carboxylic acids is 1.